The molecule has 0 unspecified atom stereocenters. The molecule has 0 amide bonds. The number of halogens is 3. The van der Waals surface area contributed by atoms with E-state index in [1.54, 1.807) is 0 Å². The summed E-state index contributed by atoms with van der Waals surface area (Å²) in [5.74, 6) is 0.614. The van der Waals surface area contributed by atoms with Crippen molar-refractivity contribution in [2.75, 3.05) is 20.6 Å². The summed E-state index contributed by atoms with van der Waals surface area (Å²) in [5.41, 5.74) is 6.01. The smallest absolute Gasteiger partial charge is 0.327 e. The van der Waals surface area contributed by atoms with E-state index < -0.39 is 11.7 Å². The largest absolute Gasteiger partial charge is 0.416 e. The van der Waals surface area contributed by atoms with E-state index in [-0.39, 0.29) is 6.54 Å². The first-order valence-electron chi connectivity index (χ1n) is 6.74. The van der Waals surface area contributed by atoms with Crippen molar-refractivity contribution in [3.05, 3.63) is 29.6 Å². The minimum absolute atomic E-state index is 0.206. The third kappa shape index (κ3) is 3.54. The predicted molar refractivity (Wildman–Crippen MR) is 75.8 cm³/mol. The van der Waals surface area contributed by atoms with Gasteiger partial charge in [-0.3, -0.25) is 0 Å². The number of nitrogens with zero attached hydrogens (tertiary/aromatic N) is 3. The molecule has 2 N–H and O–H groups in total. The molecule has 0 bridgehead atoms. The molecule has 0 radical (unpaired) electrons. The first kappa shape index (κ1) is 15.8. The van der Waals surface area contributed by atoms with Gasteiger partial charge in [0.05, 0.1) is 23.1 Å². The van der Waals surface area contributed by atoms with Crippen molar-refractivity contribution in [3.8, 4) is 0 Å². The van der Waals surface area contributed by atoms with Crippen LogP contribution < -0.4 is 5.73 Å². The second-order valence-electron chi connectivity index (χ2n) is 5.24. The second-order valence-corrected chi connectivity index (χ2v) is 5.24. The van der Waals surface area contributed by atoms with Gasteiger partial charge in [-0.2, -0.15) is 13.2 Å². The topological polar surface area (TPSA) is 47.1 Å². The predicted octanol–water partition coefficient (Wildman–Crippen LogP) is 2.47. The molecule has 116 valence electrons. The molecule has 1 aromatic heterocycles. The lowest BCUT2D eigenvalue weighted by Gasteiger charge is -2.12. The van der Waals surface area contributed by atoms with Crippen LogP contribution in [0.3, 0.4) is 0 Å². The zero-order chi connectivity index (χ0) is 15.6. The number of nitrogens with two attached hydrogens (primary N) is 1. The minimum atomic E-state index is -4.36. The number of hydrogen-bond acceptors (Lipinski definition) is 3. The van der Waals surface area contributed by atoms with Crippen molar-refractivity contribution in [3.63, 3.8) is 0 Å². The first-order valence-corrected chi connectivity index (χ1v) is 6.74. The van der Waals surface area contributed by atoms with Crippen molar-refractivity contribution in [2.45, 2.75) is 25.7 Å². The van der Waals surface area contributed by atoms with Crippen LogP contribution >= 0.6 is 0 Å². The highest BCUT2D eigenvalue weighted by atomic mass is 19.4. The van der Waals surface area contributed by atoms with Gasteiger partial charge in [-0.1, -0.05) is 0 Å². The van der Waals surface area contributed by atoms with Gasteiger partial charge >= 0.3 is 6.18 Å². The van der Waals surface area contributed by atoms with Gasteiger partial charge in [0.25, 0.3) is 0 Å². The van der Waals surface area contributed by atoms with Crippen LogP contribution in [0.25, 0.3) is 11.0 Å². The summed E-state index contributed by atoms with van der Waals surface area (Å²) in [7, 11) is 3.96. The van der Waals surface area contributed by atoms with Crippen LogP contribution in [0.15, 0.2) is 18.2 Å². The number of hydrogen-bond donors (Lipinski definition) is 1. The van der Waals surface area contributed by atoms with Crippen LogP contribution in [0.2, 0.25) is 0 Å². The molecule has 0 fully saturated rings. The van der Waals surface area contributed by atoms with Gasteiger partial charge in [-0.15, -0.1) is 0 Å². The molecule has 0 spiro atoms. The molecule has 2 aromatic rings. The molecule has 0 aliphatic heterocycles. The third-order valence-electron chi connectivity index (χ3n) is 3.32. The summed E-state index contributed by atoms with van der Waals surface area (Å²) in [6, 6.07) is 3.64. The Morgan fingerprint density at radius 2 is 2.00 bits per heavy atom. The fourth-order valence-corrected chi connectivity index (χ4v) is 2.31. The fourth-order valence-electron chi connectivity index (χ4n) is 2.31. The van der Waals surface area contributed by atoms with Crippen molar-refractivity contribution in [1.29, 1.82) is 0 Å². The van der Waals surface area contributed by atoms with Crippen LogP contribution in [0.4, 0.5) is 13.2 Å². The van der Waals surface area contributed by atoms with Gasteiger partial charge < -0.3 is 15.2 Å². The molecule has 0 aliphatic rings. The maximum atomic E-state index is 12.7. The zero-order valence-electron chi connectivity index (χ0n) is 12.1. The number of benzene rings is 1. The van der Waals surface area contributed by atoms with Gasteiger partial charge in [-0.05, 0) is 45.3 Å². The van der Waals surface area contributed by atoms with E-state index in [4.69, 9.17) is 5.73 Å². The Kier molecular flexibility index (Phi) is 4.53. The van der Waals surface area contributed by atoms with Gasteiger partial charge in [0.1, 0.15) is 5.82 Å². The lowest BCUT2D eigenvalue weighted by molar-refractivity contribution is -0.137. The lowest BCUT2D eigenvalue weighted by atomic mass is 10.2. The number of alkyl halides is 3. The Balaban J connectivity index is 2.35. The van der Waals surface area contributed by atoms with Crippen LogP contribution in [0, 0.1) is 0 Å². The quantitative estimate of drug-likeness (QED) is 0.922. The summed E-state index contributed by atoms with van der Waals surface area (Å²) in [4.78, 5) is 6.29. The number of aromatic nitrogens is 2. The van der Waals surface area contributed by atoms with Crippen LogP contribution in [0.1, 0.15) is 17.8 Å². The van der Waals surface area contributed by atoms with E-state index in [9.17, 15) is 13.2 Å². The maximum Gasteiger partial charge on any atom is 0.416 e. The van der Waals surface area contributed by atoms with Crippen molar-refractivity contribution in [2.24, 2.45) is 5.73 Å². The lowest BCUT2D eigenvalue weighted by Crippen LogP contribution is -2.16. The van der Waals surface area contributed by atoms with Gasteiger partial charge in [0.2, 0.25) is 0 Å². The van der Waals surface area contributed by atoms with Crippen LogP contribution in [0.5, 0.6) is 0 Å². The van der Waals surface area contributed by atoms with E-state index in [0.717, 1.165) is 25.1 Å². The normalized spacial score (nSPS) is 12.5. The number of rotatable bonds is 5. The van der Waals surface area contributed by atoms with Crippen molar-refractivity contribution in [1.82, 2.24) is 14.5 Å². The van der Waals surface area contributed by atoms with Gasteiger partial charge in [0.15, 0.2) is 0 Å². The van der Waals surface area contributed by atoms with E-state index >= 15 is 0 Å². The maximum absolute atomic E-state index is 12.7. The highest BCUT2D eigenvalue weighted by Gasteiger charge is 2.31. The van der Waals surface area contributed by atoms with Crippen molar-refractivity contribution < 1.29 is 13.2 Å². The summed E-state index contributed by atoms with van der Waals surface area (Å²) in [6.45, 7) is 1.79. The summed E-state index contributed by atoms with van der Waals surface area (Å²) >= 11 is 0. The monoisotopic (exact) mass is 300 g/mol. The molecule has 2 rings (SSSR count). The van der Waals surface area contributed by atoms with Crippen LogP contribution in [-0.4, -0.2) is 35.1 Å². The molecule has 0 aliphatic carbocycles. The molecule has 0 saturated carbocycles. The average molecular weight is 300 g/mol. The summed E-state index contributed by atoms with van der Waals surface area (Å²) < 4.78 is 40.1. The van der Waals surface area contributed by atoms with Crippen LogP contribution in [-0.2, 0) is 19.3 Å². The van der Waals surface area contributed by atoms with Gasteiger partial charge in [0, 0.05) is 6.54 Å². The fraction of sp³-hybridized carbons (Fsp3) is 0.500. The first-order chi connectivity index (χ1) is 9.82. The van der Waals surface area contributed by atoms with E-state index in [0.29, 0.717) is 23.4 Å². The Morgan fingerprint density at radius 3 is 2.57 bits per heavy atom. The molecule has 0 saturated heterocycles. The third-order valence-corrected chi connectivity index (χ3v) is 3.32. The molecule has 7 heteroatoms. The van der Waals surface area contributed by atoms with E-state index in [1.165, 1.54) is 6.07 Å². The Bertz CT molecular complexity index is 616. The molecular weight excluding hydrogens is 281 g/mol. The Labute approximate surface area is 121 Å². The molecule has 1 heterocycles. The highest BCUT2D eigenvalue weighted by Crippen LogP contribution is 2.31. The molecule has 21 heavy (non-hydrogen) atoms. The minimum Gasteiger partial charge on any atom is -0.327 e. The molecule has 1 aromatic carbocycles. The second kappa shape index (κ2) is 6.03. The Morgan fingerprint density at radius 1 is 1.29 bits per heavy atom. The SMILES string of the molecule is CN(C)CCCn1c(CN)nc2cc(C(F)(F)F)ccc21. The average Bonchev–Trinajstić information content (AvgIpc) is 2.74. The van der Waals surface area contributed by atoms with E-state index in [2.05, 4.69) is 9.88 Å². The molecular formula is C14H19F3N4. The number of fused-ring (bicyclic) bond motifs is 1. The highest BCUT2D eigenvalue weighted by molar-refractivity contribution is 5.77. The number of imidazole rings is 1. The Hall–Kier alpha value is -1.60. The van der Waals surface area contributed by atoms with E-state index in [1.807, 2.05) is 18.7 Å². The standard InChI is InChI=1S/C14H19F3N4/c1-20(2)6-3-7-21-12-5-4-10(14(15,16)17)8-11(12)19-13(21)9-18/h4-5,8H,3,6-7,9,18H2,1-2H3. The molecule has 0 atom stereocenters. The molecule has 4 nitrogen and oxygen atoms in total. The zero-order valence-corrected chi connectivity index (χ0v) is 12.1. The summed E-state index contributed by atoms with van der Waals surface area (Å²) in [5, 5.41) is 0. The number of aryl methyl sites for hydroxylation is 1. The summed E-state index contributed by atoms with van der Waals surface area (Å²) in [6.07, 6.45) is -3.47. The van der Waals surface area contributed by atoms with Gasteiger partial charge in [-0.25, -0.2) is 4.98 Å². The van der Waals surface area contributed by atoms with Crippen molar-refractivity contribution >= 4 is 11.0 Å².